The fourth-order valence-corrected chi connectivity index (χ4v) is 6.29. The maximum atomic E-state index is 13.3. The first-order valence-electron chi connectivity index (χ1n) is 10.7. The highest BCUT2D eigenvalue weighted by molar-refractivity contribution is 8.04. The number of amides is 1. The molecule has 170 valence electrons. The van der Waals surface area contributed by atoms with Gasteiger partial charge in [-0.15, -0.1) is 11.3 Å². The first-order valence-corrected chi connectivity index (χ1v) is 12.8. The summed E-state index contributed by atoms with van der Waals surface area (Å²) < 4.78 is 5.46. The molecule has 0 aliphatic carbocycles. The molecule has 0 bridgehead atoms. The highest BCUT2D eigenvalue weighted by Crippen LogP contribution is 2.45. The van der Waals surface area contributed by atoms with Crippen molar-refractivity contribution in [3.63, 3.8) is 0 Å². The molecule has 33 heavy (non-hydrogen) atoms. The van der Waals surface area contributed by atoms with Crippen molar-refractivity contribution in [3.05, 3.63) is 92.2 Å². The Kier molecular flexibility index (Phi) is 6.38. The zero-order valence-electron chi connectivity index (χ0n) is 17.8. The lowest BCUT2D eigenvalue weighted by molar-refractivity contribution is -0.119. The number of morpholine rings is 1. The number of anilines is 1. The first kappa shape index (κ1) is 22.3. The maximum absolute atomic E-state index is 13.3. The van der Waals surface area contributed by atoms with Crippen molar-refractivity contribution in [3.8, 4) is 0 Å². The molecular weight excluding hydrogens is 476 g/mol. The van der Waals surface area contributed by atoms with E-state index in [2.05, 4.69) is 22.3 Å². The van der Waals surface area contributed by atoms with E-state index in [4.69, 9.17) is 16.3 Å². The molecule has 1 amide bonds. The third-order valence-electron chi connectivity index (χ3n) is 5.95. The van der Waals surface area contributed by atoms with Crippen molar-refractivity contribution >= 4 is 46.3 Å². The molecular formula is C25H23ClN2O3S2. The van der Waals surface area contributed by atoms with Crippen LogP contribution < -0.4 is 10.2 Å². The summed E-state index contributed by atoms with van der Waals surface area (Å²) in [6, 6.07) is 19.5. The van der Waals surface area contributed by atoms with Crippen LogP contribution in [-0.2, 0) is 15.1 Å². The minimum absolute atomic E-state index is 0.0642. The Morgan fingerprint density at radius 2 is 1.82 bits per heavy atom. The lowest BCUT2D eigenvalue weighted by atomic mass is 9.82. The minimum Gasteiger partial charge on any atom is -0.511 e. The number of nitrogens with one attached hydrogen (secondary N) is 1. The van der Waals surface area contributed by atoms with Gasteiger partial charge in [0, 0.05) is 35.0 Å². The predicted octanol–water partition coefficient (Wildman–Crippen LogP) is 5.56. The third-order valence-corrected chi connectivity index (χ3v) is 8.63. The number of thiophene rings is 1. The number of carbonyl (C=O) groups excluding carboxylic acids is 1. The molecule has 0 radical (unpaired) electrons. The van der Waals surface area contributed by atoms with Crippen molar-refractivity contribution in [2.24, 2.45) is 0 Å². The van der Waals surface area contributed by atoms with Crippen LogP contribution in [0.5, 0.6) is 0 Å². The normalized spacial score (nSPS) is 21.2. The Hall–Kier alpha value is -2.45. The van der Waals surface area contributed by atoms with Crippen LogP contribution in [0.1, 0.15) is 16.9 Å². The fourth-order valence-electron chi connectivity index (χ4n) is 4.26. The lowest BCUT2D eigenvalue weighted by Gasteiger charge is -2.38. The summed E-state index contributed by atoms with van der Waals surface area (Å²) in [5, 5.41) is 16.8. The number of halogens is 1. The molecule has 8 heteroatoms. The maximum Gasteiger partial charge on any atom is 0.262 e. The number of nitrogens with zero attached hydrogens (tertiary/aromatic N) is 1. The molecule has 1 atom stereocenters. The molecule has 1 saturated heterocycles. The molecule has 5 nitrogen and oxygen atoms in total. The molecule has 1 fully saturated rings. The van der Waals surface area contributed by atoms with Gasteiger partial charge >= 0.3 is 0 Å². The summed E-state index contributed by atoms with van der Waals surface area (Å²) in [5.74, 6) is -0.247. The van der Waals surface area contributed by atoms with Crippen molar-refractivity contribution in [1.82, 2.24) is 5.32 Å². The van der Waals surface area contributed by atoms with Gasteiger partial charge in [0.15, 0.2) is 0 Å². The second-order valence-corrected chi connectivity index (χ2v) is 10.4. The molecule has 2 N–H and O–H groups in total. The molecule has 3 aromatic rings. The van der Waals surface area contributed by atoms with E-state index < -0.39 is 5.54 Å². The number of hydrogen-bond acceptors (Lipinski definition) is 6. The van der Waals surface area contributed by atoms with E-state index in [1.165, 1.54) is 11.8 Å². The van der Waals surface area contributed by atoms with E-state index in [9.17, 15) is 9.90 Å². The number of thioether (sulfide) groups is 1. The van der Waals surface area contributed by atoms with E-state index in [0.29, 0.717) is 5.02 Å². The lowest BCUT2D eigenvalue weighted by Crippen LogP contribution is -2.50. The van der Waals surface area contributed by atoms with Crippen LogP contribution in [0.2, 0.25) is 5.02 Å². The number of hydrogen-bond donors (Lipinski definition) is 2. The summed E-state index contributed by atoms with van der Waals surface area (Å²) >= 11 is 9.04. The van der Waals surface area contributed by atoms with Gasteiger partial charge in [0.2, 0.25) is 0 Å². The van der Waals surface area contributed by atoms with Crippen molar-refractivity contribution in [2.45, 2.75) is 16.9 Å². The zero-order valence-corrected chi connectivity index (χ0v) is 20.2. The molecule has 2 aromatic carbocycles. The fraction of sp³-hybridized carbons (Fsp3) is 0.240. The third kappa shape index (κ3) is 4.38. The van der Waals surface area contributed by atoms with E-state index in [0.717, 1.165) is 47.3 Å². The van der Waals surface area contributed by atoms with Gasteiger partial charge in [-0.1, -0.05) is 53.7 Å². The van der Waals surface area contributed by atoms with Gasteiger partial charge in [-0.2, -0.15) is 0 Å². The number of benzene rings is 2. The van der Waals surface area contributed by atoms with Crippen LogP contribution in [0, 0.1) is 0 Å². The van der Waals surface area contributed by atoms with Crippen LogP contribution in [0.15, 0.2) is 81.6 Å². The Morgan fingerprint density at radius 1 is 1.06 bits per heavy atom. The van der Waals surface area contributed by atoms with Crippen molar-refractivity contribution in [2.75, 3.05) is 31.2 Å². The summed E-state index contributed by atoms with van der Waals surface area (Å²) in [6.07, 6.45) is 0.267. The standard InChI is InChI=1S/C25H23ClN2O3S2/c26-19-4-1-2-5-21(19)33-23-20(29)16-25(27-24(23)30,22-6-3-15-32-22)17-7-9-18(10-8-17)28-11-13-31-14-12-28/h1-10,15,29H,11-14,16H2,(H,27,30). The molecule has 5 rings (SSSR count). The Morgan fingerprint density at radius 3 is 2.48 bits per heavy atom. The van der Waals surface area contributed by atoms with Gasteiger partial charge in [-0.05, 0) is 41.3 Å². The van der Waals surface area contributed by atoms with Crippen LogP contribution in [0.25, 0.3) is 0 Å². The molecule has 3 heterocycles. The molecule has 2 aliphatic rings. The first-order chi connectivity index (χ1) is 16.1. The molecule has 0 saturated carbocycles. The van der Waals surface area contributed by atoms with Gasteiger partial charge < -0.3 is 20.1 Å². The monoisotopic (exact) mass is 498 g/mol. The Balaban J connectivity index is 1.50. The van der Waals surface area contributed by atoms with Crippen LogP contribution in [-0.4, -0.2) is 37.3 Å². The number of aliphatic hydroxyl groups excluding tert-OH is 1. The highest BCUT2D eigenvalue weighted by atomic mass is 35.5. The average molecular weight is 499 g/mol. The SMILES string of the molecule is O=C1NC(c2ccc(N3CCOCC3)cc2)(c2cccs2)CC(O)=C1Sc1ccccc1Cl. The second-order valence-electron chi connectivity index (χ2n) is 7.97. The Bertz CT molecular complexity index is 1170. The average Bonchev–Trinajstić information content (AvgIpc) is 3.39. The summed E-state index contributed by atoms with van der Waals surface area (Å²) in [5.41, 5.74) is 1.23. The summed E-state index contributed by atoms with van der Waals surface area (Å²) in [7, 11) is 0. The number of aliphatic hydroxyl groups is 1. The molecule has 0 spiro atoms. The largest absolute Gasteiger partial charge is 0.511 e. The van der Waals surface area contributed by atoms with Crippen molar-refractivity contribution in [1.29, 1.82) is 0 Å². The van der Waals surface area contributed by atoms with E-state index in [1.54, 1.807) is 17.4 Å². The zero-order chi connectivity index (χ0) is 22.8. The Labute approximate surface area is 206 Å². The van der Waals surface area contributed by atoms with Gasteiger partial charge in [-0.25, -0.2) is 0 Å². The molecule has 1 aromatic heterocycles. The summed E-state index contributed by atoms with van der Waals surface area (Å²) in [4.78, 5) is 17.6. The quantitative estimate of drug-likeness (QED) is 0.482. The number of rotatable bonds is 5. The molecule has 2 aliphatic heterocycles. The van der Waals surface area contributed by atoms with E-state index in [-0.39, 0.29) is 23.0 Å². The van der Waals surface area contributed by atoms with Crippen molar-refractivity contribution < 1.29 is 14.6 Å². The highest BCUT2D eigenvalue weighted by Gasteiger charge is 2.43. The van der Waals surface area contributed by atoms with Gasteiger partial charge in [-0.3, -0.25) is 4.79 Å². The van der Waals surface area contributed by atoms with Crippen LogP contribution in [0.4, 0.5) is 5.69 Å². The van der Waals surface area contributed by atoms with Gasteiger partial charge in [0.05, 0.1) is 18.2 Å². The second kappa shape index (κ2) is 9.43. The predicted molar refractivity (Wildman–Crippen MR) is 134 cm³/mol. The van der Waals surface area contributed by atoms with E-state index >= 15 is 0 Å². The number of carbonyl (C=O) groups is 1. The number of ether oxygens (including phenoxy) is 1. The van der Waals surface area contributed by atoms with Gasteiger partial charge in [0.1, 0.15) is 16.2 Å². The summed E-state index contributed by atoms with van der Waals surface area (Å²) in [6.45, 7) is 3.17. The topological polar surface area (TPSA) is 61.8 Å². The van der Waals surface area contributed by atoms with Crippen LogP contribution in [0.3, 0.4) is 0 Å². The minimum atomic E-state index is -0.830. The van der Waals surface area contributed by atoms with Gasteiger partial charge in [0.25, 0.3) is 5.91 Å². The van der Waals surface area contributed by atoms with E-state index in [1.807, 2.05) is 47.8 Å². The smallest absolute Gasteiger partial charge is 0.262 e. The van der Waals surface area contributed by atoms with Crippen LogP contribution >= 0.6 is 34.7 Å². The molecule has 1 unspecified atom stereocenters.